The molecule has 4 heterocycles. The Kier molecular flexibility index (Phi) is 3.96. The van der Waals surface area contributed by atoms with E-state index in [1.54, 1.807) is 12.3 Å². The number of rotatable bonds is 2. The molecule has 0 spiro atoms. The van der Waals surface area contributed by atoms with Crippen molar-refractivity contribution in [2.75, 3.05) is 0 Å². The summed E-state index contributed by atoms with van der Waals surface area (Å²) in [5.74, 6) is 1.32. The van der Waals surface area contributed by atoms with Crippen LogP contribution in [0.3, 0.4) is 0 Å². The molecular weight excluding hydrogens is 388 g/mol. The minimum absolute atomic E-state index is 0.209. The smallest absolute Gasteiger partial charge is 0.209 e. The minimum atomic E-state index is -0.209. The van der Waals surface area contributed by atoms with Crippen molar-refractivity contribution in [3.63, 3.8) is 0 Å². The number of aromatic amines is 1. The first-order valence-electron chi connectivity index (χ1n) is 9.03. The standard InChI is InChI=1S/C22H15ClN4O2/c1-11-3-5-13-9-14(10-15(23)18(13)25-11)19-21(17-6-4-12(2)29-17)27-22-20(26-19)16(28)7-8-24-22/h3-10H,1-2H3,(H,24,27,28). The molecule has 0 aliphatic rings. The molecule has 0 unspecified atom stereocenters. The molecule has 5 rings (SSSR count). The van der Waals surface area contributed by atoms with Crippen LogP contribution < -0.4 is 5.43 Å². The lowest BCUT2D eigenvalue weighted by Crippen LogP contribution is -2.06. The van der Waals surface area contributed by atoms with E-state index in [2.05, 4.69) is 19.9 Å². The molecule has 6 nitrogen and oxygen atoms in total. The van der Waals surface area contributed by atoms with Crippen molar-refractivity contribution in [2.45, 2.75) is 13.8 Å². The summed E-state index contributed by atoms with van der Waals surface area (Å²) in [6.07, 6.45) is 1.55. The second kappa shape index (κ2) is 6.53. The molecule has 0 atom stereocenters. The number of halogens is 1. The van der Waals surface area contributed by atoms with Crippen LogP contribution in [0.2, 0.25) is 5.02 Å². The fraction of sp³-hybridized carbons (Fsp3) is 0.0909. The van der Waals surface area contributed by atoms with E-state index in [9.17, 15) is 4.79 Å². The maximum absolute atomic E-state index is 12.3. The quantitative estimate of drug-likeness (QED) is 0.446. The summed E-state index contributed by atoms with van der Waals surface area (Å²) in [6, 6.07) is 12.8. The number of nitrogens with zero attached hydrogens (tertiary/aromatic N) is 3. The van der Waals surface area contributed by atoms with E-state index in [1.165, 1.54) is 6.07 Å². The monoisotopic (exact) mass is 402 g/mol. The summed E-state index contributed by atoms with van der Waals surface area (Å²) in [7, 11) is 0. The Morgan fingerprint density at radius 3 is 2.59 bits per heavy atom. The molecule has 0 aliphatic carbocycles. The molecule has 29 heavy (non-hydrogen) atoms. The SMILES string of the molecule is Cc1ccc2cc(-c3nc4c(=O)cc[nH]c4nc3-c3ccc(C)o3)cc(Cl)c2n1. The Labute approximate surface area is 170 Å². The van der Waals surface area contributed by atoms with Crippen LogP contribution in [0.25, 0.3) is 44.8 Å². The lowest BCUT2D eigenvalue weighted by atomic mass is 10.0. The summed E-state index contributed by atoms with van der Waals surface area (Å²) in [5.41, 5.74) is 3.83. The number of pyridine rings is 2. The number of fused-ring (bicyclic) bond motifs is 2. The number of hydrogen-bond donors (Lipinski definition) is 1. The van der Waals surface area contributed by atoms with Crippen molar-refractivity contribution in [3.05, 3.63) is 75.4 Å². The molecule has 142 valence electrons. The molecule has 0 fully saturated rings. The average molecular weight is 403 g/mol. The maximum Gasteiger partial charge on any atom is 0.209 e. The Morgan fingerprint density at radius 2 is 1.79 bits per heavy atom. The van der Waals surface area contributed by atoms with E-state index in [-0.39, 0.29) is 10.9 Å². The third-order valence-corrected chi connectivity index (χ3v) is 5.00. The number of H-pyrrole nitrogens is 1. The number of hydrogen-bond acceptors (Lipinski definition) is 5. The van der Waals surface area contributed by atoms with Crippen molar-refractivity contribution >= 4 is 33.7 Å². The van der Waals surface area contributed by atoms with Crippen LogP contribution >= 0.6 is 11.6 Å². The molecule has 0 aliphatic heterocycles. The maximum atomic E-state index is 12.3. The lowest BCUT2D eigenvalue weighted by Gasteiger charge is -2.10. The number of aromatic nitrogens is 4. The van der Waals surface area contributed by atoms with Crippen LogP contribution in [0.15, 0.2) is 57.9 Å². The van der Waals surface area contributed by atoms with Crippen LogP contribution in [0.4, 0.5) is 0 Å². The van der Waals surface area contributed by atoms with Crippen molar-refractivity contribution in [2.24, 2.45) is 0 Å². The van der Waals surface area contributed by atoms with Gasteiger partial charge in [-0.2, -0.15) is 0 Å². The molecule has 0 amide bonds. The summed E-state index contributed by atoms with van der Waals surface area (Å²) < 4.78 is 5.80. The van der Waals surface area contributed by atoms with Crippen molar-refractivity contribution in [1.29, 1.82) is 0 Å². The molecule has 0 bridgehead atoms. The van der Waals surface area contributed by atoms with E-state index in [0.717, 1.165) is 27.9 Å². The lowest BCUT2D eigenvalue weighted by molar-refractivity contribution is 0.546. The molecule has 0 saturated carbocycles. The topological polar surface area (TPSA) is 84.7 Å². The van der Waals surface area contributed by atoms with Crippen LogP contribution in [0.1, 0.15) is 11.5 Å². The van der Waals surface area contributed by atoms with Gasteiger partial charge in [0.2, 0.25) is 5.43 Å². The molecule has 0 saturated heterocycles. The fourth-order valence-electron chi connectivity index (χ4n) is 3.34. The summed E-state index contributed by atoms with van der Waals surface area (Å²) in [6.45, 7) is 3.78. The number of furan rings is 1. The van der Waals surface area contributed by atoms with Gasteiger partial charge in [-0.3, -0.25) is 9.78 Å². The summed E-state index contributed by atoms with van der Waals surface area (Å²) >= 11 is 6.53. The largest absolute Gasteiger partial charge is 0.460 e. The highest BCUT2D eigenvalue weighted by Gasteiger charge is 2.18. The third kappa shape index (κ3) is 2.98. The first kappa shape index (κ1) is 17.6. The van der Waals surface area contributed by atoms with Crippen molar-refractivity contribution in [1.82, 2.24) is 19.9 Å². The molecular formula is C22H15ClN4O2. The first-order valence-corrected chi connectivity index (χ1v) is 9.41. The Morgan fingerprint density at radius 1 is 0.931 bits per heavy atom. The third-order valence-electron chi connectivity index (χ3n) is 4.72. The van der Waals surface area contributed by atoms with Crippen molar-refractivity contribution in [3.8, 4) is 22.7 Å². The zero-order valence-electron chi connectivity index (χ0n) is 15.7. The zero-order chi connectivity index (χ0) is 20.1. The van der Waals surface area contributed by atoms with Gasteiger partial charge in [0, 0.05) is 28.9 Å². The van der Waals surface area contributed by atoms with Crippen LogP contribution in [0.5, 0.6) is 0 Å². The van der Waals surface area contributed by atoms with Gasteiger partial charge in [-0.05, 0) is 44.2 Å². The van der Waals surface area contributed by atoms with Gasteiger partial charge in [-0.1, -0.05) is 17.7 Å². The second-order valence-electron chi connectivity index (χ2n) is 6.85. The first-order chi connectivity index (χ1) is 14.0. The zero-order valence-corrected chi connectivity index (χ0v) is 16.4. The normalized spacial score (nSPS) is 11.4. The van der Waals surface area contributed by atoms with Crippen LogP contribution in [-0.2, 0) is 0 Å². The summed E-state index contributed by atoms with van der Waals surface area (Å²) in [4.78, 5) is 29.1. The van der Waals surface area contributed by atoms with Gasteiger partial charge in [0.1, 0.15) is 17.1 Å². The van der Waals surface area contributed by atoms with E-state index in [0.29, 0.717) is 27.8 Å². The number of aryl methyl sites for hydroxylation is 2. The minimum Gasteiger partial charge on any atom is -0.460 e. The molecule has 1 aromatic carbocycles. The van der Waals surface area contributed by atoms with Gasteiger partial charge in [-0.25, -0.2) is 9.97 Å². The molecule has 0 radical (unpaired) electrons. The van der Waals surface area contributed by atoms with Gasteiger partial charge < -0.3 is 9.40 Å². The van der Waals surface area contributed by atoms with E-state index in [1.807, 2.05) is 44.2 Å². The van der Waals surface area contributed by atoms with Gasteiger partial charge in [0.25, 0.3) is 0 Å². The van der Waals surface area contributed by atoms with Gasteiger partial charge >= 0.3 is 0 Å². The number of nitrogens with one attached hydrogen (secondary N) is 1. The Hall–Kier alpha value is -3.51. The van der Waals surface area contributed by atoms with E-state index < -0.39 is 0 Å². The van der Waals surface area contributed by atoms with Crippen molar-refractivity contribution < 1.29 is 4.42 Å². The highest BCUT2D eigenvalue weighted by molar-refractivity contribution is 6.35. The van der Waals surface area contributed by atoms with Crippen LogP contribution in [0, 0.1) is 13.8 Å². The molecule has 4 aromatic heterocycles. The van der Waals surface area contributed by atoms with Gasteiger partial charge in [0.15, 0.2) is 16.9 Å². The Balaban J connectivity index is 1.86. The van der Waals surface area contributed by atoms with E-state index >= 15 is 0 Å². The predicted molar refractivity (Wildman–Crippen MR) is 113 cm³/mol. The second-order valence-corrected chi connectivity index (χ2v) is 7.26. The van der Waals surface area contributed by atoms with Crippen LogP contribution in [-0.4, -0.2) is 19.9 Å². The Bertz CT molecular complexity index is 1470. The highest BCUT2D eigenvalue weighted by Crippen LogP contribution is 2.35. The molecule has 7 heteroatoms. The molecule has 5 aromatic rings. The van der Waals surface area contributed by atoms with Gasteiger partial charge in [-0.15, -0.1) is 0 Å². The van der Waals surface area contributed by atoms with Gasteiger partial charge in [0.05, 0.1) is 10.5 Å². The molecule has 1 N–H and O–H groups in total. The number of benzene rings is 1. The highest BCUT2D eigenvalue weighted by atomic mass is 35.5. The summed E-state index contributed by atoms with van der Waals surface area (Å²) in [5, 5.41) is 1.38. The average Bonchev–Trinajstić information content (AvgIpc) is 3.14. The predicted octanol–water partition coefficient (Wildman–Crippen LogP) is 5.06. The van der Waals surface area contributed by atoms with E-state index in [4.69, 9.17) is 16.0 Å². The fourth-order valence-corrected chi connectivity index (χ4v) is 3.61.